The molecule has 1 saturated heterocycles. The lowest BCUT2D eigenvalue weighted by Gasteiger charge is -2.15. The number of benzene rings is 1. The first-order valence-corrected chi connectivity index (χ1v) is 7.91. The molecule has 126 valence electrons. The van der Waals surface area contributed by atoms with Gasteiger partial charge in [0.25, 0.3) is 5.91 Å². The number of rotatable bonds is 6. The van der Waals surface area contributed by atoms with E-state index in [1.54, 1.807) is 39.4 Å². The number of nitrogens with one attached hydrogen (secondary N) is 2. The number of methoxy groups -OCH3 is 1. The molecule has 0 aromatic heterocycles. The van der Waals surface area contributed by atoms with Crippen LogP contribution in [0.3, 0.4) is 0 Å². The van der Waals surface area contributed by atoms with E-state index in [9.17, 15) is 9.59 Å². The van der Waals surface area contributed by atoms with Crippen molar-refractivity contribution in [3.05, 3.63) is 23.8 Å². The SMILES string of the molecule is COc1ccc(C(=O)N(C)C)cc1NC(=O)CCC1CCNC1. The van der Waals surface area contributed by atoms with Crippen LogP contribution in [-0.4, -0.2) is 51.0 Å². The number of amides is 2. The molecule has 1 aliphatic heterocycles. The van der Waals surface area contributed by atoms with Gasteiger partial charge in [0.2, 0.25) is 5.91 Å². The molecule has 1 unspecified atom stereocenters. The molecule has 6 heteroatoms. The monoisotopic (exact) mass is 319 g/mol. The van der Waals surface area contributed by atoms with Gasteiger partial charge in [-0.1, -0.05) is 0 Å². The van der Waals surface area contributed by atoms with Gasteiger partial charge in [-0.2, -0.15) is 0 Å². The minimum Gasteiger partial charge on any atom is -0.495 e. The molecule has 0 aliphatic carbocycles. The van der Waals surface area contributed by atoms with Gasteiger partial charge in [-0.05, 0) is 50.0 Å². The molecule has 2 N–H and O–H groups in total. The molecule has 23 heavy (non-hydrogen) atoms. The summed E-state index contributed by atoms with van der Waals surface area (Å²) in [4.78, 5) is 25.7. The van der Waals surface area contributed by atoms with E-state index in [1.807, 2.05) is 0 Å². The fourth-order valence-corrected chi connectivity index (χ4v) is 2.71. The molecule has 1 aromatic rings. The summed E-state index contributed by atoms with van der Waals surface area (Å²) < 4.78 is 5.27. The van der Waals surface area contributed by atoms with Crippen LogP contribution in [0.5, 0.6) is 5.75 Å². The van der Waals surface area contributed by atoms with Crippen LogP contribution < -0.4 is 15.4 Å². The second-order valence-corrected chi connectivity index (χ2v) is 6.06. The maximum absolute atomic E-state index is 12.2. The number of carbonyl (C=O) groups is 2. The van der Waals surface area contributed by atoms with Gasteiger partial charge in [0.1, 0.15) is 5.75 Å². The Morgan fingerprint density at radius 2 is 2.17 bits per heavy atom. The normalized spacial score (nSPS) is 16.9. The van der Waals surface area contributed by atoms with E-state index >= 15 is 0 Å². The number of ether oxygens (including phenoxy) is 1. The topological polar surface area (TPSA) is 70.7 Å². The third kappa shape index (κ3) is 4.69. The zero-order valence-corrected chi connectivity index (χ0v) is 14.0. The van der Waals surface area contributed by atoms with Crippen LogP contribution in [0, 0.1) is 5.92 Å². The highest BCUT2D eigenvalue weighted by Crippen LogP contribution is 2.26. The Hall–Kier alpha value is -2.08. The summed E-state index contributed by atoms with van der Waals surface area (Å²) >= 11 is 0. The van der Waals surface area contributed by atoms with Crippen molar-refractivity contribution in [3.63, 3.8) is 0 Å². The third-order valence-corrected chi connectivity index (χ3v) is 4.07. The van der Waals surface area contributed by atoms with Gasteiger partial charge < -0.3 is 20.3 Å². The summed E-state index contributed by atoms with van der Waals surface area (Å²) in [7, 11) is 4.93. The van der Waals surface area contributed by atoms with Crippen molar-refractivity contribution in [2.75, 3.05) is 39.6 Å². The lowest BCUT2D eigenvalue weighted by atomic mass is 10.0. The van der Waals surface area contributed by atoms with Crippen molar-refractivity contribution in [2.45, 2.75) is 19.3 Å². The van der Waals surface area contributed by atoms with Crippen molar-refractivity contribution >= 4 is 17.5 Å². The minimum atomic E-state index is -0.111. The largest absolute Gasteiger partial charge is 0.495 e. The second kappa shape index (κ2) is 7.97. The van der Waals surface area contributed by atoms with E-state index in [1.165, 1.54) is 4.90 Å². The molecule has 0 radical (unpaired) electrons. The molecule has 0 spiro atoms. The van der Waals surface area contributed by atoms with Crippen molar-refractivity contribution in [2.24, 2.45) is 5.92 Å². The quantitative estimate of drug-likeness (QED) is 0.838. The van der Waals surface area contributed by atoms with E-state index in [0.717, 1.165) is 25.9 Å². The average Bonchev–Trinajstić information content (AvgIpc) is 3.05. The lowest BCUT2D eigenvalue weighted by Crippen LogP contribution is -2.22. The van der Waals surface area contributed by atoms with Gasteiger partial charge >= 0.3 is 0 Å². The van der Waals surface area contributed by atoms with Gasteiger partial charge in [-0.3, -0.25) is 9.59 Å². The van der Waals surface area contributed by atoms with Gasteiger partial charge in [0, 0.05) is 26.1 Å². The highest BCUT2D eigenvalue weighted by molar-refractivity contribution is 5.98. The molecule has 0 bridgehead atoms. The van der Waals surface area contributed by atoms with Gasteiger partial charge in [0.05, 0.1) is 12.8 Å². The van der Waals surface area contributed by atoms with E-state index < -0.39 is 0 Å². The van der Waals surface area contributed by atoms with Crippen LogP contribution in [0.4, 0.5) is 5.69 Å². The number of hydrogen-bond donors (Lipinski definition) is 2. The number of hydrogen-bond acceptors (Lipinski definition) is 4. The van der Waals surface area contributed by atoms with Crippen LogP contribution in [0.25, 0.3) is 0 Å². The molecule has 2 rings (SSSR count). The molecule has 1 heterocycles. The Balaban J connectivity index is 2.02. The first kappa shape index (κ1) is 17.3. The molecule has 1 atom stereocenters. The summed E-state index contributed by atoms with van der Waals surface area (Å²) in [5, 5.41) is 6.17. The molecule has 1 aromatic carbocycles. The zero-order chi connectivity index (χ0) is 16.8. The third-order valence-electron chi connectivity index (χ3n) is 4.07. The highest BCUT2D eigenvalue weighted by atomic mass is 16.5. The van der Waals surface area contributed by atoms with Gasteiger partial charge in [0.15, 0.2) is 0 Å². The Bertz CT molecular complexity index is 566. The molecular formula is C17H25N3O3. The van der Waals surface area contributed by atoms with E-state index in [4.69, 9.17) is 4.74 Å². The zero-order valence-electron chi connectivity index (χ0n) is 14.0. The van der Waals surface area contributed by atoms with Crippen molar-refractivity contribution < 1.29 is 14.3 Å². The minimum absolute atomic E-state index is 0.0512. The summed E-state index contributed by atoms with van der Waals surface area (Å²) in [6.45, 7) is 2.03. The van der Waals surface area contributed by atoms with Gasteiger partial charge in [-0.25, -0.2) is 0 Å². The summed E-state index contributed by atoms with van der Waals surface area (Å²) in [5.41, 5.74) is 1.06. The van der Waals surface area contributed by atoms with Crippen LogP contribution >= 0.6 is 0 Å². The average molecular weight is 319 g/mol. The molecule has 6 nitrogen and oxygen atoms in total. The predicted octanol–water partition coefficient (Wildman–Crippen LogP) is 1.73. The molecule has 2 amide bonds. The summed E-state index contributed by atoms with van der Waals surface area (Å²) in [6.07, 6.45) is 2.47. The summed E-state index contributed by atoms with van der Waals surface area (Å²) in [5.74, 6) is 0.963. The summed E-state index contributed by atoms with van der Waals surface area (Å²) in [6, 6.07) is 5.06. The molecular weight excluding hydrogens is 294 g/mol. The number of nitrogens with zero attached hydrogens (tertiary/aromatic N) is 1. The fraction of sp³-hybridized carbons (Fsp3) is 0.529. The predicted molar refractivity (Wildman–Crippen MR) is 89.9 cm³/mol. The van der Waals surface area contributed by atoms with Crippen LogP contribution in [0.1, 0.15) is 29.6 Å². The Kier molecular flexibility index (Phi) is 5.98. The van der Waals surface area contributed by atoms with E-state index in [2.05, 4.69) is 10.6 Å². The van der Waals surface area contributed by atoms with Gasteiger partial charge in [-0.15, -0.1) is 0 Å². The highest BCUT2D eigenvalue weighted by Gasteiger charge is 2.17. The van der Waals surface area contributed by atoms with Crippen molar-refractivity contribution in [3.8, 4) is 5.75 Å². The lowest BCUT2D eigenvalue weighted by molar-refractivity contribution is -0.116. The van der Waals surface area contributed by atoms with Crippen LogP contribution in [0.2, 0.25) is 0 Å². The van der Waals surface area contributed by atoms with E-state index in [-0.39, 0.29) is 11.8 Å². The van der Waals surface area contributed by atoms with Crippen LogP contribution in [-0.2, 0) is 4.79 Å². The first-order valence-electron chi connectivity index (χ1n) is 7.91. The van der Waals surface area contributed by atoms with Crippen LogP contribution in [0.15, 0.2) is 18.2 Å². The second-order valence-electron chi connectivity index (χ2n) is 6.06. The Morgan fingerprint density at radius 3 is 2.78 bits per heavy atom. The van der Waals surface area contributed by atoms with Crippen molar-refractivity contribution in [1.29, 1.82) is 0 Å². The number of anilines is 1. The van der Waals surface area contributed by atoms with E-state index in [0.29, 0.717) is 29.3 Å². The molecule has 1 fully saturated rings. The molecule has 0 saturated carbocycles. The Labute approximate surface area is 137 Å². The maximum atomic E-state index is 12.2. The fourth-order valence-electron chi connectivity index (χ4n) is 2.71. The first-order chi connectivity index (χ1) is 11.0. The molecule has 1 aliphatic rings. The van der Waals surface area contributed by atoms with Crippen molar-refractivity contribution in [1.82, 2.24) is 10.2 Å². The number of carbonyl (C=O) groups excluding carboxylic acids is 2. The smallest absolute Gasteiger partial charge is 0.253 e. The maximum Gasteiger partial charge on any atom is 0.253 e. The standard InChI is InChI=1S/C17H25N3O3/c1-20(2)17(22)13-5-6-15(23-3)14(10-13)19-16(21)7-4-12-8-9-18-11-12/h5-6,10,12,18H,4,7-9,11H2,1-3H3,(H,19,21). The Morgan fingerprint density at radius 1 is 1.39 bits per heavy atom.